The minimum absolute atomic E-state index is 0.161. The Morgan fingerprint density at radius 1 is 1.60 bits per heavy atom. The molecule has 0 atom stereocenters. The van der Waals surface area contributed by atoms with Gasteiger partial charge in [-0.15, -0.1) is 0 Å². The molecule has 1 aromatic heterocycles. The van der Waals surface area contributed by atoms with Crippen molar-refractivity contribution in [2.45, 2.75) is 19.4 Å². The molecule has 0 aliphatic heterocycles. The van der Waals surface area contributed by atoms with Gasteiger partial charge in [0.2, 0.25) is 0 Å². The molecule has 4 heteroatoms. The molecule has 0 bridgehead atoms. The zero-order valence-electron chi connectivity index (χ0n) is 6.09. The largest absolute Gasteiger partial charge is 0.427 e. The lowest BCUT2D eigenvalue weighted by Crippen LogP contribution is -2.27. The van der Waals surface area contributed by atoms with Gasteiger partial charge in [-0.2, -0.15) is 0 Å². The molecule has 0 aliphatic carbocycles. The lowest BCUT2D eigenvalue weighted by molar-refractivity contribution is 0.403. The number of hydrogen-bond acceptors (Lipinski definition) is 4. The highest BCUT2D eigenvalue weighted by Gasteiger charge is 2.18. The minimum atomic E-state index is -0.495. The molecule has 0 saturated carbocycles. The smallest absolute Gasteiger partial charge is 0.292 e. The lowest BCUT2D eigenvalue weighted by Gasteiger charge is -2.12. The number of rotatable bonds is 1. The maximum absolute atomic E-state index is 5.68. The van der Waals surface area contributed by atoms with Gasteiger partial charge in [0.05, 0.1) is 11.7 Å². The molecule has 1 heterocycles. The molecular weight excluding hydrogens is 130 g/mol. The summed E-state index contributed by atoms with van der Waals surface area (Å²) in [6, 6.07) is 0.161. The number of anilines is 1. The van der Waals surface area contributed by atoms with Gasteiger partial charge in [-0.05, 0) is 13.8 Å². The molecule has 1 aromatic rings. The van der Waals surface area contributed by atoms with Crippen molar-refractivity contribution in [3.8, 4) is 0 Å². The van der Waals surface area contributed by atoms with E-state index < -0.39 is 5.54 Å². The fourth-order valence-corrected chi connectivity index (χ4v) is 0.586. The molecule has 0 radical (unpaired) electrons. The second-order valence-corrected chi connectivity index (χ2v) is 2.78. The molecule has 0 saturated heterocycles. The summed E-state index contributed by atoms with van der Waals surface area (Å²) in [5, 5.41) is 0. The van der Waals surface area contributed by atoms with Crippen LogP contribution in [-0.4, -0.2) is 4.98 Å². The van der Waals surface area contributed by atoms with E-state index in [1.54, 1.807) is 0 Å². The third-order valence-corrected chi connectivity index (χ3v) is 1.16. The Labute approximate surface area is 59.2 Å². The number of hydrogen-bond donors (Lipinski definition) is 2. The highest BCUT2D eigenvalue weighted by molar-refractivity contribution is 5.15. The molecule has 56 valence electrons. The van der Waals surface area contributed by atoms with Gasteiger partial charge in [-0.3, -0.25) is 0 Å². The maximum atomic E-state index is 5.68. The molecule has 4 N–H and O–H groups in total. The Bertz CT molecular complexity index is 223. The van der Waals surface area contributed by atoms with Crippen LogP contribution in [0.1, 0.15) is 19.6 Å². The zero-order valence-corrected chi connectivity index (χ0v) is 6.09. The van der Waals surface area contributed by atoms with Crippen LogP contribution < -0.4 is 11.5 Å². The molecule has 4 nitrogen and oxygen atoms in total. The van der Waals surface area contributed by atoms with Crippen molar-refractivity contribution in [1.29, 1.82) is 0 Å². The summed E-state index contributed by atoms with van der Waals surface area (Å²) in [6.45, 7) is 3.65. The van der Waals surface area contributed by atoms with Gasteiger partial charge in [0.15, 0.2) is 0 Å². The predicted octanol–water partition coefficient (Wildman–Crippen LogP) is 0.451. The predicted molar refractivity (Wildman–Crippen MR) is 38.1 cm³/mol. The van der Waals surface area contributed by atoms with Crippen LogP contribution in [0.5, 0.6) is 0 Å². The molecule has 1 rings (SSSR count). The Morgan fingerprint density at radius 2 is 2.20 bits per heavy atom. The summed E-state index contributed by atoms with van der Waals surface area (Å²) in [5.74, 6) is 0.602. The number of oxazole rings is 1. The van der Waals surface area contributed by atoms with Gasteiger partial charge in [0.1, 0.15) is 5.76 Å². The first-order chi connectivity index (χ1) is 4.50. The summed E-state index contributed by atoms with van der Waals surface area (Å²) < 4.78 is 4.99. The highest BCUT2D eigenvalue weighted by atomic mass is 16.4. The van der Waals surface area contributed by atoms with Crippen molar-refractivity contribution in [1.82, 2.24) is 4.98 Å². The number of nitrogens with two attached hydrogens (primary N) is 2. The van der Waals surface area contributed by atoms with Crippen LogP contribution in [0.2, 0.25) is 0 Å². The standard InChI is InChI=1S/C6H11N3O/c1-6(2,8)4-3-9-5(7)10-4/h3H,8H2,1-2H3,(H2,7,9). The van der Waals surface area contributed by atoms with Crippen LogP contribution in [0.3, 0.4) is 0 Å². The fourth-order valence-electron chi connectivity index (χ4n) is 0.586. The van der Waals surface area contributed by atoms with E-state index in [1.807, 2.05) is 13.8 Å². The topological polar surface area (TPSA) is 78.1 Å². The number of nitrogen functional groups attached to an aromatic ring is 1. The quantitative estimate of drug-likeness (QED) is 0.595. The van der Waals surface area contributed by atoms with Gasteiger partial charge in [0.25, 0.3) is 6.01 Å². The molecule has 0 aliphatic rings. The van der Waals surface area contributed by atoms with Crippen molar-refractivity contribution in [2.75, 3.05) is 5.73 Å². The molecule has 0 spiro atoms. The first kappa shape index (κ1) is 7.08. The van der Waals surface area contributed by atoms with Crippen LogP contribution in [0.25, 0.3) is 0 Å². The second-order valence-electron chi connectivity index (χ2n) is 2.78. The van der Waals surface area contributed by atoms with Crippen molar-refractivity contribution in [3.05, 3.63) is 12.0 Å². The molecule has 10 heavy (non-hydrogen) atoms. The van der Waals surface area contributed by atoms with E-state index in [0.29, 0.717) is 5.76 Å². The normalized spacial score (nSPS) is 11.9. The molecular formula is C6H11N3O. The summed E-state index contributed by atoms with van der Waals surface area (Å²) >= 11 is 0. The van der Waals surface area contributed by atoms with Crippen LogP contribution >= 0.6 is 0 Å². The van der Waals surface area contributed by atoms with E-state index >= 15 is 0 Å². The molecule has 0 unspecified atom stereocenters. The third kappa shape index (κ3) is 1.27. The van der Waals surface area contributed by atoms with E-state index in [0.717, 1.165) is 0 Å². The first-order valence-electron chi connectivity index (χ1n) is 3.01. The highest BCUT2D eigenvalue weighted by Crippen LogP contribution is 2.17. The minimum Gasteiger partial charge on any atom is -0.427 e. The molecule has 0 aromatic carbocycles. The fraction of sp³-hybridized carbons (Fsp3) is 0.500. The van der Waals surface area contributed by atoms with Gasteiger partial charge in [-0.1, -0.05) is 0 Å². The van der Waals surface area contributed by atoms with Crippen LogP contribution in [0.15, 0.2) is 10.6 Å². The van der Waals surface area contributed by atoms with Crippen molar-refractivity contribution in [2.24, 2.45) is 5.73 Å². The molecule has 0 fully saturated rings. The summed E-state index contributed by atoms with van der Waals surface area (Å²) in [4.78, 5) is 3.71. The van der Waals surface area contributed by atoms with Crippen LogP contribution in [-0.2, 0) is 5.54 Å². The Balaban J connectivity index is 2.96. The third-order valence-electron chi connectivity index (χ3n) is 1.16. The van der Waals surface area contributed by atoms with Crippen LogP contribution in [0.4, 0.5) is 6.01 Å². The Kier molecular flexibility index (Phi) is 1.40. The average Bonchev–Trinajstić information content (AvgIpc) is 2.11. The summed E-state index contributed by atoms with van der Waals surface area (Å²) in [5.41, 5.74) is 10.4. The van der Waals surface area contributed by atoms with Gasteiger partial charge in [-0.25, -0.2) is 4.98 Å². The Hall–Kier alpha value is -1.03. The maximum Gasteiger partial charge on any atom is 0.292 e. The van der Waals surface area contributed by atoms with Crippen molar-refractivity contribution < 1.29 is 4.42 Å². The van der Waals surface area contributed by atoms with Gasteiger partial charge in [0, 0.05) is 0 Å². The van der Waals surface area contributed by atoms with Crippen molar-refractivity contribution in [3.63, 3.8) is 0 Å². The first-order valence-corrected chi connectivity index (χ1v) is 3.01. The van der Waals surface area contributed by atoms with E-state index in [4.69, 9.17) is 15.9 Å². The van der Waals surface area contributed by atoms with Gasteiger partial charge < -0.3 is 15.9 Å². The second kappa shape index (κ2) is 1.98. The van der Waals surface area contributed by atoms with E-state index in [-0.39, 0.29) is 6.01 Å². The Morgan fingerprint density at radius 3 is 2.40 bits per heavy atom. The monoisotopic (exact) mass is 141 g/mol. The van der Waals surface area contributed by atoms with Gasteiger partial charge >= 0.3 is 0 Å². The SMILES string of the molecule is CC(C)(N)c1cnc(N)o1. The number of nitrogens with zero attached hydrogens (tertiary/aromatic N) is 1. The number of aromatic nitrogens is 1. The lowest BCUT2D eigenvalue weighted by atomic mass is 10.1. The van der Waals surface area contributed by atoms with E-state index in [2.05, 4.69) is 4.98 Å². The summed E-state index contributed by atoms with van der Waals surface area (Å²) in [7, 11) is 0. The van der Waals surface area contributed by atoms with Crippen LogP contribution in [0, 0.1) is 0 Å². The average molecular weight is 141 g/mol. The van der Waals surface area contributed by atoms with Crippen molar-refractivity contribution >= 4 is 6.01 Å². The van der Waals surface area contributed by atoms with E-state index in [9.17, 15) is 0 Å². The zero-order chi connectivity index (χ0) is 7.78. The van der Waals surface area contributed by atoms with E-state index in [1.165, 1.54) is 6.20 Å². The summed E-state index contributed by atoms with van der Waals surface area (Å²) in [6.07, 6.45) is 1.54. The molecule has 0 amide bonds.